The van der Waals surface area contributed by atoms with E-state index in [-0.39, 0.29) is 5.69 Å². The highest BCUT2D eigenvalue weighted by Crippen LogP contribution is 2.15. The maximum absolute atomic E-state index is 13.4. The third-order valence-electron chi connectivity index (χ3n) is 2.92. The van der Waals surface area contributed by atoms with Gasteiger partial charge in [0.2, 0.25) is 6.41 Å². The van der Waals surface area contributed by atoms with Crippen molar-refractivity contribution < 1.29 is 18.4 Å². The van der Waals surface area contributed by atoms with Gasteiger partial charge in [-0.25, -0.2) is 13.6 Å². The molecule has 2 rings (SSSR count). The van der Waals surface area contributed by atoms with Crippen molar-refractivity contribution in [1.82, 2.24) is 9.80 Å². The van der Waals surface area contributed by atoms with E-state index in [1.165, 1.54) is 11.0 Å². The number of urea groups is 1. The molecule has 19 heavy (non-hydrogen) atoms. The number of anilines is 1. The Bertz CT molecular complexity index is 488. The largest absolute Gasteiger partial charge is 0.342 e. The summed E-state index contributed by atoms with van der Waals surface area (Å²) >= 11 is 0. The molecule has 1 N–H and O–H groups in total. The Morgan fingerprint density at radius 2 is 1.89 bits per heavy atom. The normalized spacial score (nSPS) is 15.3. The molecule has 1 fully saturated rings. The number of hydrogen-bond donors (Lipinski definition) is 1. The predicted octanol–water partition coefficient (Wildman–Crippen LogP) is 1.27. The van der Waals surface area contributed by atoms with Crippen LogP contribution in [0.2, 0.25) is 0 Å². The summed E-state index contributed by atoms with van der Waals surface area (Å²) < 4.78 is 26.1. The Morgan fingerprint density at radius 3 is 2.47 bits per heavy atom. The Labute approximate surface area is 108 Å². The highest BCUT2D eigenvalue weighted by atomic mass is 19.1. The average Bonchev–Trinajstić information content (AvgIpc) is 2.42. The van der Waals surface area contributed by atoms with E-state index >= 15 is 0 Å². The summed E-state index contributed by atoms with van der Waals surface area (Å²) in [6.07, 6.45) is 0.731. The SMILES string of the molecule is O=CN1CCN(C(=O)Nc2ccc(F)cc2F)CC1. The van der Waals surface area contributed by atoms with E-state index < -0.39 is 17.7 Å². The maximum Gasteiger partial charge on any atom is 0.322 e. The van der Waals surface area contributed by atoms with Crippen molar-refractivity contribution in [3.05, 3.63) is 29.8 Å². The molecule has 1 aliphatic heterocycles. The van der Waals surface area contributed by atoms with E-state index in [2.05, 4.69) is 5.32 Å². The van der Waals surface area contributed by atoms with Crippen molar-refractivity contribution in [2.45, 2.75) is 0 Å². The molecular weight excluding hydrogens is 256 g/mol. The highest BCUT2D eigenvalue weighted by Gasteiger charge is 2.20. The number of carbonyl (C=O) groups excluding carboxylic acids is 2. The van der Waals surface area contributed by atoms with Crippen molar-refractivity contribution in [3.63, 3.8) is 0 Å². The first kappa shape index (κ1) is 13.3. The molecule has 0 aliphatic carbocycles. The van der Waals surface area contributed by atoms with Crippen molar-refractivity contribution in [2.24, 2.45) is 0 Å². The number of nitrogens with zero attached hydrogens (tertiary/aromatic N) is 2. The summed E-state index contributed by atoms with van der Waals surface area (Å²) in [5.41, 5.74) is -0.0655. The van der Waals surface area contributed by atoms with Crippen LogP contribution in [0.25, 0.3) is 0 Å². The predicted molar refractivity (Wildman–Crippen MR) is 64.6 cm³/mol. The molecular formula is C12H13F2N3O2. The van der Waals surface area contributed by atoms with E-state index in [0.717, 1.165) is 12.5 Å². The lowest BCUT2D eigenvalue weighted by molar-refractivity contribution is -0.119. The van der Waals surface area contributed by atoms with Gasteiger partial charge in [0.25, 0.3) is 0 Å². The van der Waals surface area contributed by atoms with Crippen LogP contribution < -0.4 is 5.32 Å². The fourth-order valence-corrected chi connectivity index (χ4v) is 1.82. The van der Waals surface area contributed by atoms with E-state index in [1.54, 1.807) is 4.90 Å². The quantitative estimate of drug-likeness (QED) is 0.822. The van der Waals surface area contributed by atoms with Crippen LogP contribution in [-0.4, -0.2) is 48.4 Å². The summed E-state index contributed by atoms with van der Waals surface area (Å²) in [5, 5.41) is 2.38. The minimum absolute atomic E-state index is 0.0655. The molecule has 0 spiro atoms. The topological polar surface area (TPSA) is 52.7 Å². The second-order valence-corrected chi connectivity index (χ2v) is 4.18. The third-order valence-corrected chi connectivity index (χ3v) is 2.92. The van der Waals surface area contributed by atoms with Crippen LogP contribution in [0.3, 0.4) is 0 Å². The first-order valence-electron chi connectivity index (χ1n) is 5.80. The number of halogens is 2. The monoisotopic (exact) mass is 269 g/mol. The summed E-state index contributed by atoms with van der Waals surface area (Å²) in [6, 6.07) is 2.49. The van der Waals surface area contributed by atoms with Gasteiger partial charge in [-0.1, -0.05) is 0 Å². The third kappa shape index (κ3) is 3.18. The number of carbonyl (C=O) groups is 2. The van der Waals surface area contributed by atoms with Crippen LogP contribution in [0.15, 0.2) is 18.2 Å². The van der Waals surface area contributed by atoms with Gasteiger partial charge in [-0.05, 0) is 12.1 Å². The molecule has 0 aromatic heterocycles. The van der Waals surface area contributed by atoms with E-state index in [0.29, 0.717) is 32.2 Å². The molecule has 1 aromatic carbocycles. The molecule has 0 saturated carbocycles. The number of hydrogen-bond acceptors (Lipinski definition) is 2. The minimum atomic E-state index is -0.820. The van der Waals surface area contributed by atoms with Gasteiger partial charge in [-0.2, -0.15) is 0 Å². The van der Waals surface area contributed by atoms with Crippen LogP contribution in [0, 0.1) is 11.6 Å². The number of rotatable bonds is 2. The Morgan fingerprint density at radius 1 is 1.21 bits per heavy atom. The lowest BCUT2D eigenvalue weighted by atomic mass is 10.3. The molecule has 1 heterocycles. The Hall–Kier alpha value is -2.18. The molecule has 0 atom stereocenters. The lowest BCUT2D eigenvalue weighted by Crippen LogP contribution is -2.49. The van der Waals surface area contributed by atoms with Crippen LogP contribution in [0.4, 0.5) is 19.3 Å². The fourth-order valence-electron chi connectivity index (χ4n) is 1.82. The number of piperazine rings is 1. The Balaban J connectivity index is 1.96. The molecule has 102 valence electrons. The van der Waals surface area contributed by atoms with Gasteiger partial charge in [0.15, 0.2) is 0 Å². The lowest BCUT2D eigenvalue weighted by Gasteiger charge is -2.32. The molecule has 0 unspecified atom stereocenters. The summed E-state index contributed by atoms with van der Waals surface area (Å²) in [6.45, 7) is 1.66. The highest BCUT2D eigenvalue weighted by molar-refractivity contribution is 5.89. The van der Waals surface area contributed by atoms with Crippen LogP contribution >= 0.6 is 0 Å². The minimum Gasteiger partial charge on any atom is -0.342 e. The van der Waals surface area contributed by atoms with E-state index in [1.807, 2.05) is 0 Å². The average molecular weight is 269 g/mol. The number of benzene rings is 1. The van der Waals surface area contributed by atoms with Crippen molar-refractivity contribution in [2.75, 3.05) is 31.5 Å². The fraction of sp³-hybridized carbons (Fsp3) is 0.333. The zero-order valence-electron chi connectivity index (χ0n) is 10.1. The van der Waals surface area contributed by atoms with Gasteiger partial charge < -0.3 is 15.1 Å². The molecule has 7 heteroatoms. The zero-order valence-corrected chi connectivity index (χ0v) is 10.1. The van der Waals surface area contributed by atoms with Gasteiger partial charge >= 0.3 is 6.03 Å². The molecule has 3 amide bonds. The Kier molecular flexibility index (Phi) is 3.94. The first-order valence-corrected chi connectivity index (χ1v) is 5.80. The van der Waals surface area contributed by atoms with Crippen LogP contribution in [-0.2, 0) is 4.79 Å². The maximum atomic E-state index is 13.4. The van der Waals surface area contributed by atoms with Gasteiger partial charge in [0, 0.05) is 32.2 Å². The van der Waals surface area contributed by atoms with Gasteiger partial charge in [-0.15, -0.1) is 0 Å². The molecule has 0 bridgehead atoms. The smallest absolute Gasteiger partial charge is 0.322 e. The van der Waals surface area contributed by atoms with Crippen LogP contribution in [0.1, 0.15) is 0 Å². The van der Waals surface area contributed by atoms with Gasteiger partial charge in [0.05, 0.1) is 5.69 Å². The van der Waals surface area contributed by atoms with Crippen molar-refractivity contribution in [1.29, 1.82) is 0 Å². The van der Waals surface area contributed by atoms with Gasteiger partial charge in [0.1, 0.15) is 11.6 Å². The summed E-state index contributed by atoms with van der Waals surface area (Å²) in [4.78, 5) is 25.4. The number of amides is 3. The zero-order chi connectivity index (χ0) is 13.8. The summed E-state index contributed by atoms with van der Waals surface area (Å²) in [7, 11) is 0. The first-order chi connectivity index (χ1) is 9.10. The molecule has 1 saturated heterocycles. The summed E-state index contributed by atoms with van der Waals surface area (Å²) in [5.74, 6) is -1.52. The molecule has 0 radical (unpaired) electrons. The standard InChI is InChI=1S/C12H13F2N3O2/c13-9-1-2-11(10(14)7-9)15-12(19)17-5-3-16(8-18)4-6-17/h1-2,7-8H,3-6H2,(H,15,19). The van der Waals surface area contributed by atoms with E-state index in [4.69, 9.17) is 0 Å². The number of nitrogens with one attached hydrogen (secondary N) is 1. The van der Waals surface area contributed by atoms with Crippen molar-refractivity contribution in [3.8, 4) is 0 Å². The molecule has 1 aliphatic rings. The second-order valence-electron chi connectivity index (χ2n) is 4.18. The second kappa shape index (κ2) is 5.64. The molecule has 5 nitrogen and oxygen atoms in total. The van der Waals surface area contributed by atoms with Gasteiger partial charge in [-0.3, -0.25) is 4.79 Å². The van der Waals surface area contributed by atoms with Crippen LogP contribution in [0.5, 0.6) is 0 Å². The van der Waals surface area contributed by atoms with E-state index in [9.17, 15) is 18.4 Å². The molecule has 1 aromatic rings. The van der Waals surface area contributed by atoms with Crippen molar-refractivity contribution >= 4 is 18.1 Å².